The fraction of sp³-hybridized carbons (Fsp3) is 0.909. The van der Waals surface area contributed by atoms with E-state index in [9.17, 15) is 0 Å². The zero-order chi connectivity index (χ0) is 10.8. The maximum Gasteiger partial charge on any atom is 0.104 e. The molecule has 80 valence electrons. The van der Waals surface area contributed by atoms with Crippen LogP contribution in [-0.2, 0) is 0 Å². The Bertz CT molecular complexity index is 221. The predicted octanol–water partition coefficient (Wildman–Crippen LogP) is 1.49. The molecule has 3 heteroatoms. The van der Waals surface area contributed by atoms with E-state index in [0.717, 1.165) is 25.7 Å². The van der Waals surface area contributed by atoms with Gasteiger partial charge in [0.2, 0.25) is 0 Å². The van der Waals surface area contributed by atoms with Crippen molar-refractivity contribution in [2.75, 3.05) is 7.05 Å². The summed E-state index contributed by atoms with van der Waals surface area (Å²) in [6.45, 7) is 4.41. The fourth-order valence-electron chi connectivity index (χ4n) is 2.06. The minimum absolute atomic E-state index is 0.547. The van der Waals surface area contributed by atoms with Gasteiger partial charge in [0.1, 0.15) is 5.54 Å². The second-order valence-electron chi connectivity index (χ2n) is 4.76. The lowest BCUT2D eigenvalue weighted by molar-refractivity contribution is 0.137. The molecule has 0 heterocycles. The lowest BCUT2D eigenvalue weighted by Gasteiger charge is -2.38. The van der Waals surface area contributed by atoms with Crippen LogP contribution < -0.4 is 5.73 Å². The van der Waals surface area contributed by atoms with E-state index in [4.69, 9.17) is 11.0 Å². The molecule has 0 amide bonds. The van der Waals surface area contributed by atoms with Crippen molar-refractivity contribution < 1.29 is 0 Å². The molecule has 0 aromatic heterocycles. The van der Waals surface area contributed by atoms with Gasteiger partial charge in [0.05, 0.1) is 6.07 Å². The van der Waals surface area contributed by atoms with Crippen molar-refractivity contribution in [3.63, 3.8) is 0 Å². The first-order valence-corrected chi connectivity index (χ1v) is 5.40. The van der Waals surface area contributed by atoms with Crippen molar-refractivity contribution >= 4 is 0 Å². The molecule has 1 fully saturated rings. The summed E-state index contributed by atoms with van der Waals surface area (Å²) in [6, 6.07) is 3.42. The number of hydrogen-bond donors (Lipinski definition) is 1. The standard InChI is InChI=1S/C11H21N3/c1-9(2)14(3)10-4-6-11(13,8-12)7-5-10/h9-10H,4-7,13H2,1-3H3. The average molecular weight is 195 g/mol. The SMILES string of the molecule is CC(C)N(C)C1CCC(N)(C#N)CC1. The summed E-state index contributed by atoms with van der Waals surface area (Å²) in [5.74, 6) is 0. The highest BCUT2D eigenvalue weighted by atomic mass is 15.1. The summed E-state index contributed by atoms with van der Waals surface area (Å²) in [5, 5.41) is 8.90. The molecular formula is C11H21N3. The molecule has 1 saturated carbocycles. The van der Waals surface area contributed by atoms with Crippen molar-refractivity contribution in [3.8, 4) is 6.07 Å². The summed E-state index contributed by atoms with van der Waals surface area (Å²) in [7, 11) is 2.16. The summed E-state index contributed by atoms with van der Waals surface area (Å²) in [6.07, 6.45) is 3.79. The van der Waals surface area contributed by atoms with Gasteiger partial charge < -0.3 is 10.6 Å². The van der Waals surface area contributed by atoms with Crippen molar-refractivity contribution in [2.45, 2.75) is 57.2 Å². The van der Waals surface area contributed by atoms with Gasteiger partial charge in [-0.15, -0.1) is 0 Å². The Morgan fingerprint density at radius 3 is 2.29 bits per heavy atom. The van der Waals surface area contributed by atoms with Gasteiger partial charge in [-0.2, -0.15) is 5.26 Å². The van der Waals surface area contributed by atoms with Gasteiger partial charge in [0.15, 0.2) is 0 Å². The summed E-state index contributed by atoms with van der Waals surface area (Å²) in [4.78, 5) is 2.39. The van der Waals surface area contributed by atoms with Gasteiger partial charge in [-0.3, -0.25) is 0 Å². The lowest BCUT2D eigenvalue weighted by Crippen LogP contribution is -2.48. The third-order valence-corrected chi connectivity index (χ3v) is 3.46. The predicted molar refractivity (Wildman–Crippen MR) is 57.7 cm³/mol. The second-order valence-corrected chi connectivity index (χ2v) is 4.76. The van der Waals surface area contributed by atoms with Crippen LogP contribution in [-0.4, -0.2) is 29.6 Å². The van der Waals surface area contributed by atoms with Crippen molar-refractivity contribution in [1.29, 1.82) is 5.26 Å². The van der Waals surface area contributed by atoms with Gasteiger partial charge in [0.25, 0.3) is 0 Å². The van der Waals surface area contributed by atoms with Crippen molar-refractivity contribution in [2.24, 2.45) is 5.73 Å². The van der Waals surface area contributed by atoms with Crippen LogP contribution in [0.5, 0.6) is 0 Å². The molecule has 0 atom stereocenters. The quantitative estimate of drug-likeness (QED) is 0.726. The summed E-state index contributed by atoms with van der Waals surface area (Å²) >= 11 is 0. The second kappa shape index (κ2) is 4.29. The number of nitrogens with zero attached hydrogens (tertiary/aromatic N) is 2. The number of rotatable bonds is 2. The molecule has 0 aromatic rings. The Balaban J connectivity index is 2.48. The number of nitrogens with two attached hydrogens (primary N) is 1. The fourth-order valence-corrected chi connectivity index (χ4v) is 2.06. The van der Waals surface area contributed by atoms with E-state index >= 15 is 0 Å². The molecule has 0 radical (unpaired) electrons. The van der Waals surface area contributed by atoms with E-state index in [1.54, 1.807) is 0 Å². The first-order valence-electron chi connectivity index (χ1n) is 5.40. The highest BCUT2D eigenvalue weighted by molar-refractivity contribution is 5.07. The molecule has 0 bridgehead atoms. The molecule has 2 N–H and O–H groups in total. The molecule has 0 spiro atoms. The van der Waals surface area contributed by atoms with Crippen LogP contribution in [0.1, 0.15) is 39.5 Å². The Labute approximate surface area is 86.9 Å². The highest BCUT2D eigenvalue weighted by Gasteiger charge is 2.33. The third kappa shape index (κ3) is 2.46. The molecule has 1 aliphatic rings. The Hall–Kier alpha value is -0.590. The van der Waals surface area contributed by atoms with Crippen LogP contribution in [0.25, 0.3) is 0 Å². The molecule has 0 aromatic carbocycles. The van der Waals surface area contributed by atoms with Crippen LogP contribution in [0, 0.1) is 11.3 Å². The number of nitriles is 1. The number of hydrogen-bond acceptors (Lipinski definition) is 3. The van der Waals surface area contributed by atoms with Crippen molar-refractivity contribution in [3.05, 3.63) is 0 Å². The first-order chi connectivity index (χ1) is 6.48. The largest absolute Gasteiger partial charge is 0.313 e. The van der Waals surface area contributed by atoms with Crippen LogP contribution in [0.2, 0.25) is 0 Å². The van der Waals surface area contributed by atoms with E-state index in [1.165, 1.54) is 0 Å². The molecule has 1 rings (SSSR count). The van der Waals surface area contributed by atoms with Gasteiger partial charge in [-0.05, 0) is 46.6 Å². The minimum atomic E-state index is -0.547. The van der Waals surface area contributed by atoms with Crippen LogP contribution in [0.4, 0.5) is 0 Å². The van der Waals surface area contributed by atoms with Crippen LogP contribution in [0.3, 0.4) is 0 Å². The summed E-state index contributed by atoms with van der Waals surface area (Å²) < 4.78 is 0. The van der Waals surface area contributed by atoms with E-state index in [0.29, 0.717) is 12.1 Å². The molecule has 1 aliphatic carbocycles. The Morgan fingerprint density at radius 2 is 1.93 bits per heavy atom. The van der Waals surface area contributed by atoms with E-state index < -0.39 is 5.54 Å². The molecule has 0 unspecified atom stereocenters. The topological polar surface area (TPSA) is 53.0 Å². The average Bonchev–Trinajstić information content (AvgIpc) is 2.18. The lowest BCUT2D eigenvalue weighted by atomic mass is 9.80. The van der Waals surface area contributed by atoms with Gasteiger partial charge in [-0.1, -0.05) is 0 Å². The maximum atomic E-state index is 8.90. The highest BCUT2D eigenvalue weighted by Crippen LogP contribution is 2.28. The molecule has 14 heavy (non-hydrogen) atoms. The first kappa shape index (κ1) is 11.5. The van der Waals surface area contributed by atoms with Crippen LogP contribution in [0.15, 0.2) is 0 Å². The van der Waals surface area contributed by atoms with E-state index in [-0.39, 0.29) is 0 Å². The summed E-state index contributed by atoms with van der Waals surface area (Å²) in [5.41, 5.74) is 5.37. The molecular weight excluding hydrogens is 174 g/mol. The molecule has 3 nitrogen and oxygen atoms in total. The monoisotopic (exact) mass is 195 g/mol. The zero-order valence-electron chi connectivity index (χ0n) is 9.45. The minimum Gasteiger partial charge on any atom is -0.313 e. The third-order valence-electron chi connectivity index (χ3n) is 3.46. The van der Waals surface area contributed by atoms with Gasteiger partial charge in [0, 0.05) is 12.1 Å². The van der Waals surface area contributed by atoms with E-state index in [2.05, 4.69) is 31.9 Å². The zero-order valence-corrected chi connectivity index (χ0v) is 9.45. The molecule has 0 aliphatic heterocycles. The Morgan fingerprint density at radius 1 is 1.43 bits per heavy atom. The van der Waals surface area contributed by atoms with Crippen molar-refractivity contribution in [1.82, 2.24) is 4.90 Å². The van der Waals surface area contributed by atoms with Crippen LogP contribution >= 0.6 is 0 Å². The van der Waals surface area contributed by atoms with Gasteiger partial charge >= 0.3 is 0 Å². The molecule has 0 saturated heterocycles. The Kier molecular flexibility index (Phi) is 3.52. The maximum absolute atomic E-state index is 8.90. The smallest absolute Gasteiger partial charge is 0.104 e. The van der Waals surface area contributed by atoms with Gasteiger partial charge in [-0.25, -0.2) is 0 Å². The normalized spacial score (nSPS) is 33.4. The van der Waals surface area contributed by atoms with E-state index in [1.807, 2.05) is 0 Å².